The van der Waals surface area contributed by atoms with Gasteiger partial charge in [-0.3, -0.25) is 0 Å². The average molecular weight is 197 g/mol. The first-order valence-electron chi connectivity index (χ1n) is 3.82. The second-order valence-electron chi connectivity index (χ2n) is 2.46. The normalized spacial score (nSPS) is 9.31. The first-order chi connectivity index (χ1) is 6.27. The minimum absolute atomic E-state index is 0.0348. The quantitative estimate of drug-likeness (QED) is 0.773. The summed E-state index contributed by atoms with van der Waals surface area (Å²) in [6.07, 6.45) is 0. The minimum Gasteiger partial charge on any atom is -0.395 e. The first kappa shape index (κ1) is 9.85. The number of anilines is 1. The number of nitrogens with zero attached hydrogens (tertiary/aromatic N) is 1. The van der Waals surface area contributed by atoms with Crippen molar-refractivity contribution in [2.45, 2.75) is 0 Å². The molecule has 0 amide bonds. The molecule has 68 valence electrons. The Morgan fingerprint density at radius 2 is 2.31 bits per heavy atom. The van der Waals surface area contributed by atoms with E-state index in [1.165, 1.54) is 0 Å². The molecule has 0 spiro atoms. The summed E-state index contributed by atoms with van der Waals surface area (Å²) in [5, 5.41) is 20.6. The Morgan fingerprint density at radius 3 is 2.92 bits per heavy atom. The Labute approximate surface area is 81.6 Å². The van der Waals surface area contributed by atoms with Gasteiger partial charge in [-0.2, -0.15) is 5.26 Å². The number of nitrogens with one attached hydrogen (secondary N) is 1. The smallest absolute Gasteiger partial charge is 0.0992 e. The molecule has 0 fully saturated rings. The Balaban J connectivity index is 2.85. The molecule has 0 bridgehead atoms. The molecule has 1 aromatic carbocycles. The summed E-state index contributed by atoms with van der Waals surface area (Å²) in [6, 6.07) is 6.96. The highest BCUT2D eigenvalue weighted by atomic mass is 35.5. The van der Waals surface area contributed by atoms with Gasteiger partial charge in [-0.15, -0.1) is 0 Å². The van der Waals surface area contributed by atoms with Gasteiger partial charge in [0, 0.05) is 6.54 Å². The monoisotopic (exact) mass is 196 g/mol. The number of aliphatic hydroxyl groups excluding tert-OH is 1. The highest BCUT2D eigenvalue weighted by Gasteiger charge is 2.00. The van der Waals surface area contributed by atoms with E-state index >= 15 is 0 Å². The molecule has 3 nitrogen and oxygen atoms in total. The van der Waals surface area contributed by atoms with Gasteiger partial charge in [0.2, 0.25) is 0 Å². The third-order valence-electron chi connectivity index (χ3n) is 1.52. The number of benzene rings is 1. The van der Waals surface area contributed by atoms with Crippen LogP contribution < -0.4 is 5.32 Å². The Kier molecular flexibility index (Phi) is 3.56. The maximum absolute atomic E-state index is 8.61. The van der Waals surface area contributed by atoms with Crippen molar-refractivity contribution in [2.75, 3.05) is 18.5 Å². The van der Waals surface area contributed by atoms with Crippen molar-refractivity contribution in [2.24, 2.45) is 0 Å². The Morgan fingerprint density at radius 1 is 1.54 bits per heavy atom. The molecule has 0 aliphatic carbocycles. The summed E-state index contributed by atoms with van der Waals surface area (Å²) < 4.78 is 0. The van der Waals surface area contributed by atoms with E-state index in [1.807, 2.05) is 6.07 Å². The van der Waals surface area contributed by atoms with E-state index in [2.05, 4.69) is 5.32 Å². The third-order valence-corrected chi connectivity index (χ3v) is 1.85. The number of rotatable bonds is 3. The summed E-state index contributed by atoms with van der Waals surface area (Å²) in [5.41, 5.74) is 1.22. The molecule has 0 aliphatic rings. The van der Waals surface area contributed by atoms with Crippen LogP contribution in [0.25, 0.3) is 0 Å². The Bertz CT molecular complexity index is 333. The van der Waals surface area contributed by atoms with Crippen molar-refractivity contribution in [3.05, 3.63) is 28.8 Å². The van der Waals surface area contributed by atoms with Crippen LogP contribution in [0.1, 0.15) is 5.56 Å². The van der Waals surface area contributed by atoms with Gasteiger partial charge in [-0.1, -0.05) is 11.6 Å². The molecular weight excluding hydrogens is 188 g/mol. The lowest BCUT2D eigenvalue weighted by atomic mass is 10.2. The maximum Gasteiger partial charge on any atom is 0.0992 e. The highest BCUT2D eigenvalue weighted by molar-refractivity contribution is 6.33. The summed E-state index contributed by atoms with van der Waals surface area (Å²) >= 11 is 5.84. The van der Waals surface area contributed by atoms with E-state index in [1.54, 1.807) is 18.2 Å². The zero-order valence-corrected chi connectivity index (χ0v) is 7.67. The van der Waals surface area contributed by atoms with E-state index in [0.29, 0.717) is 22.8 Å². The second-order valence-corrected chi connectivity index (χ2v) is 2.86. The predicted molar refractivity (Wildman–Crippen MR) is 51.7 cm³/mol. The van der Waals surface area contributed by atoms with E-state index in [9.17, 15) is 0 Å². The molecular formula is C9H9ClN2O. The maximum atomic E-state index is 8.61. The molecule has 13 heavy (non-hydrogen) atoms. The molecule has 1 rings (SSSR count). The largest absolute Gasteiger partial charge is 0.395 e. The number of halogens is 1. The molecule has 0 heterocycles. The number of nitriles is 1. The van der Waals surface area contributed by atoms with Crippen molar-refractivity contribution in [1.82, 2.24) is 0 Å². The lowest BCUT2D eigenvalue weighted by molar-refractivity contribution is 0.311. The van der Waals surface area contributed by atoms with Gasteiger partial charge in [0.1, 0.15) is 0 Å². The van der Waals surface area contributed by atoms with Gasteiger partial charge in [-0.05, 0) is 18.2 Å². The van der Waals surface area contributed by atoms with E-state index in [4.69, 9.17) is 22.0 Å². The van der Waals surface area contributed by atoms with Crippen LogP contribution in [0.15, 0.2) is 18.2 Å². The van der Waals surface area contributed by atoms with Crippen LogP contribution >= 0.6 is 11.6 Å². The molecule has 0 unspecified atom stereocenters. The van der Waals surface area contributed by atoms with Gasteiger partial charge < -0.3 is 10.4 Å². The zero-order chi connectivity index (χ0) is 9.68. The van der Waals surface area contributed by atoms with Gasteiger partial charge in [0.15, 0.2) is 0 Å². The summed E-state index contributed by atoms with van der Waals surface area (Å²) in [7, 11) is 0. The minimum atomic E-state index is 0.0348. The number of aliphatic hydroxyl groups is 1. The predicted octanol–water partition coefficient (Wildman–Crippen LogP) is 1.62. The van der Waals surface area contributed by atoms with Crippen LogP contribution in [0.3, 0.4) is 0 Å². The van der Waals surface area contributed by atoms with Crippen LogP contribution in [0.4, 0.5) is 5.69 Å². The molecule has 0 aliphatic heterocycles. The highest BCUT2D eigenvalue weighted by Crippen LogP contribution is 2.22. The van der Waals surface area contributed by atoms with Gasteiger partial charge in [0.05, 0.1) is 28.9 Å². The van der Waals surface area contributed by atoms with Crippen molar-refractivity contribution < 1.29 is 5.11 Å². The fraction of sp³-hybridized carbons (Fsp3) is 0.222. The van der Waals surface area contributed by atoms with Crippen LogP contribution in [0, 0.1) is 11.3 Å². The number of hydrogen-bond donors (Lipinski definition) is 2. The number of hydrogen-bond acceptors (Lipinski definition) is 3. The SMILES string of the molecule is N#Cc1ccc(Cl)c(NCCO)c1. The van der Waals surface area contributed by atoms with Crippen LogP contribution in [-0.2, 0) is 0 Å². The van der Waals surface area contributed by atoms with E-state index < -0.39 is 0 Å². The van der Waals surface area contributed by atoms with Gasteiger partial charge in [0.25, 0.3) is 0 Å². The third kappa shape index (κ3) is 2.62. The summed E-state index contributed by atoms with van der Waals surface area (Å²) in [4.78, 5) is 0. The van der Waals surface area contributed by atoms with Crippen molar-refractivity contribution >= 4 is 17.3 Å². The average Bonchev–Trinajstić information content (AvgIpc) is 2.17. The van der Waals surface area contributed by atoms with Crippen LogP contribution in [0.2, 0.25) is 5.02 Å². The molecule has 0 saturated carbocycles. The zero-order valence-electron chi connectivity index (χ0n) is 6.92. The molecule has 0 aromatic heterocycles. The van der Waals surface area contributed by atoms with Crippen LogP contribution in [0.5, 0.6) is 0 Å². The topological polar surface area (TPSA) is 56.0 Å². The fourth-order valence-corrected chi connectivity index (χ4v) is 1.11. The molecule has 0 radical (unpaired) electrons. The molecule has 1 aromatic rings. The van der Waals surface area contributed by atoms with E-state index in [0.717, 1.165) is 0 Å². The van der Waals surface area contributed by atoms with Crippen molar-refractivity contribution in [1.29, 1.82) is 5.26 Å². The Hall–Kier alpha value is -1.24. The second kappa shape index (κ2) is 4.70. The molecule has 4 heteroatoms. The van der Waals surface area contributed by atoms with Crippen molar-refractivity contribution in [3.63, 3.8) is 0 Å². The van der Waals surface area contributed by atoms with Gasteiger partial charge in [-0.25, -0.2) is 0 Å². The fourth-order valence-electron chi connectivity index (χ4n) is 0.921. The standard InChI is InChI=1S/C9H9ClN2O/c10-8-2-1-7(6-11)5-9(8)12-3-4-13/h1-2,5,12-13H,3-4H2. The lowest BCUT2D eigenvalue weighted by Crippen LogP contribution is -2.05. The molecule has 0 atom stereocenters. The van der Waals surface area contributed by atoms with E-state index in [-0.39, 0.29) is 6.61 Å². The first-order valence-corrected chi connectivity index (χ1v) is 4.20. The summed E-state index contributed by atoms with van der Waals surface area (Å²) in [6.45, 7) is 0.460. The van der Waals surface area contributed by atoms with Crippen LogP contribution in [-0.4, -0.2) is 18.3 Å². The molecule has 2 N–H and O–H groups in total. The molecule has 0 saturated heterocycles. The lowest BCUT2D eigenvalue weighted by Gasteiger charge is -2.06. The van der Waals surface area contributed by atoms with Gasteiger partial charge >= 0.3 is 0 Å². The van der Waals surface area contributed by atoms with Crippen molar-refractivity contribution in [3.8, 4) is 6.07 Å². The summed E-state index contributed by atoms with van der Waals surface area (Å²) in [5.74, 6) is 0.